The van der Waals surface area contributed by atoms with Crippen LogP contribution >= 0.6 is 11.6 Å². The second-order valence-electron chi connectivity index (χ2n) is 2.91. The van der Waals surface area contributed by atoms with Crippen molar-refractivity contribution >= 4 is 11.6 Å². The van der Waals surface area contributed by atoms with E-state index in [2.05, 4.69) is 0 Å². The SMILES string of the molecule is CC.CCOCCOCCCCCCCl. The molecule has 0 radical (unpaired) electrons. The van der Waals surface area contributed by atoms with Crippen LogP contribution in [0.3, 0.4) is 0 Å². The molecular formula is C12H27ClO2. The molecule has 3 heteroatoms. The Hall–Kier alpha value is 0.210. The maximum absolute atomic E-state index is 5.55. The summed E-state index contributed by atoms with van der Waals surface area (Å²) in [7, 11) is 0. The van der Waals surface area contributed by atoms with Crippen molar-refractivity contribution in [3.8, 4) is 0 Å². The number of ether oxygens (including phenoxy) is 2. The summed E-state index contributed by atoms with van der Waals surface area (Å²) in [6.45, 7) is 9.07. The first-order valence-corrected chi connectivity index (χ1v) is 6.66. The Labute approximate surface area is 100 Å². The second-order valence-corrected chi connectivity index (χ2v) is 3.29. The quantitative estimate of drug-likeness (QED) is 0.425. The third-order valence-electron chi connectivity index (χ3n) is 1.75. The van der Waals surface area contributed by atoms with Crippen LogP contribution in [0.1, 0.15) is 46.5 Å². The fraction of sp³-hybridized carbons (Fsp3) is 1.00. The molecule has 2 nitrogen and oxygen atoms in total. The minimum Gasteiger partial charge on any atom is -0.379 e. The molecule has 0 aliphatic heterocycles. The fourth-order valence-corrected chi connectivity index (χ4v) is 1.21. The minimum absolute atomic E-state index is 0.720. The van der Waals surface area contributed by atoms with Crippen molar-refractivity contribution in [1.29, 1.82) is 0 Å². The summed E-state index contributed by atoms with van der Waals surface area (Å²) in [5, 5.41) is 0. The van der Waals surface area contributed by atoms with Gasteiger partial charge in [0.25, 0.3) is 0 Å². The molecule has 0 amide bonds. The summed E-state index contributed by atoms with van der Waals surface area (Å²) < 4.78 is 10.5. The zero-order chi connectivity index (χ0) is 11.8. The Bertz CT molecular complexity index is 79.7. The number of unbranched alkanes of at least 4 members (excludes halogenated alkanes) is 3. The molecule has 0 spiro atoms. The van der Waals surface area contributed by atoms with Gasteiger partial charge in [0.15, 0.2) is 0 Å². The second kappa shape index (κ2) is 19.7. The van der Waals surface area contributed by atoms with Crippen molar-refractivity contribution < 1.29 is 9.47 Å². The molecule has 94 valence electrons. The molecule has 0 aromatic rings. The van der Waals surface area contributed by atoms with Gasteiger partial charge in [0.2, 0.25) is 0 Å². The predicted octanol–water partition coefficient (Wildman–Crippen LogP) is 3.86. The van der Waals surface area contributed by atoms with E-state index in [0.29, 0.717) is 0 Å². The predicted molar refractivity (Wildman–Crippen MR) is 67.8 cm³/mol. The number of alkyl halides is 1. The third kappa shape index (κ3) is 20.3. The molecule has 0 heterocycles. The number of hydrogen-bond donors (Lipinski definition) is 0. The molecule has 0 aromatic heterocycles. The summed E-state index contributed by atoms with van der Waals surface area (Å²) in [5.41, 5.74) is 0. The Kier molecular flexibility index (Phi) is 23.2. The van der Waals surface area contributed by atoms with Gasteiger partial charge in [0, 0.05) is 19.1 Å². The van der Waals surface area contributed by atoms with E-state index >= 15 is 0 Å². The minimum atomic E-state index is 0.720. The lowest BCUT2D eigenvalue weighted by molar-refractivity contribution is 0.0513. The van der Waals surface area contributed by atoms with E-state index in [9.17, 15) is 0 Å². The summed E-state index contributed by atoms with van der Waals surface area (Å²) >= 11 is 5.55. The van der Waals surface area contributed by atoms with E-state index < -0.39 is 0 Å². The van der Waals surface area contributed by atoms with E-state index in [1.165, 1.54) is 12.8 Å². The lowest BCUT2D eigenvalue weighted by Gasteiger charge is -2.03. The highest BCUT2D eigenvalue weighted by Gasteiger charge is 1.90. The van der Waals surface area contributed by atoms with Crippen LogP contribution in [0.5, 0.6) is 0 Å². The topological polar surface area (TPSA) is 18.5 Å². The van der Waals surface area contributed by atoms with Gasteiger partial charge in [-0.3, -0.25) is 0 Å². The van der Waals surface area contributed by atoms with E-state index in [1.807, 2.05) is 20.8 Å². The number of rotatable bonds is 10. The van der Waals surface area contributed by atoms with Crippen molar-refractivity contribution in [3.05, 3.63) is 0 Å². The van der Waals surface area contributed by atoms with Gasteiger partial charge >= 0.3 is 0 Å². The summed E-state index contributed by atoms with van der Waals surface area (Å²) in [5.74, 6) is 0.783. The highest BCUT2D eigenvalue weighted by atomic mass is 35.5. The van der Waals surface area contributed by atoms with Gasteiger partial charge in [-0.2, -0.15) is 0 Å². The molecule has 0 aliphatic carbocycles. The Balaban J connectivity index is 0. The summed E-state index contributed by atoms with van der Waals surface area (Å²) in [6.07, 6.45) is 4.71. The maximum Gasteiger partial charge on any atom is 0.0700 e. The normalized spacial score (nSPS) is 9.60. The molecule has 0 bridgehead atoms. The smallest absolute Gasteiger partial charge is 0.0700 e. The van der Waals surface area contributed by atoms with Crippen LogP contribution in [0.25, 0.3) is 0 Å². The monoisotopic (exact) mass is 238 g/mol. The molecule has 0 rings (SSSR count). The summed E-state index contributed by atoms with van der Waals surface area (Å²) in [4.78, 5) is 0. The zero-order valence-electron chi connectivity index (χ0n) is 10.6. The first kappa shape index (κ1) is 17.6. The number of halogens is 1. The van der Waals surface area contributed by atoms with E-state index in [0.717, 1.165) is 45.1 Å². The van der Waals surface area contributed by atoms with Gasteiger partial charge in [-0.25, -0.2) is 0 Å². The van der Waals surface area contributed by atoms with Crippen LogP contribution < -0.4 is 0 Å². The van der Waals surface area contributed by atoms with E-state index in [-0.39, 0.29) is 0 Å². The van der Waals surface area contributed by atoms with Crippen molar-refractivity contribution in [1.82, 2.24) is 0 Å². The molecule has 0 saturated heterocycles. The molecule has 0 aliphatic rings. The van der Waals surface area contributed by atoms with Crippen molar-refractivity contribution in [2.24, 2.45) is 0 Å². The molecule has 15 heavy (non-hydrogen) atoms. The third-order valence-corrected chi connectivity index (χ3v) is 2.02. The summed E-state index contributed by atoms with van der Waals surface area (Å²) in [6, 6.07) is 0. The molecule has 0 atom stereocenters. The highest BCUT2D eigenvalue weighted by Crippen LogP contribution is 2.00. The van der Waals surface area contributed by atoms with E-state index in [4.69, 9.17) is 21.1 Å². The van der Waals surface area contributed by atoms with Crippen LogP contribution in [0, 0.1) is 0 Å². The van der Waals surface area contributed by atoms with E-state index in [1.54, 1.807) is 0 Å². The van der Waals surface area contributed by atoms with Crippen LogP contribution in [-0.2, 0) is 9.47 Å². The van der Waals surface area contributed by atoms with Crippen LogP contribution in [-0.4, -0.2) is 32.3 Å². The Morgan fingerprint density at radius 2 is 1.40 bits per heavy atom. The average Bonchev–Trinajstić information content (AvgIpc) is 2.30. The molecule has 0 N–H and O–H groups in total. The van der Waals surface area contributed by atoms with Gasteiger partial charge in [-0.15, -0.1) is 11.6 Å². The molecule has 0 aromatic carbocycles. The largest absolute Gasteiger partial charge is 0.379 e. The standard InChI is InChI=1S/C10H21ClO2.C2H6/c1-2-12-9-10-13-8-6-4-3-5-7-11;1-2/h2-10H2,1H3;1-2H3. The fourth-order valence-electron chi connectivity index (χ4n) is 1.02. The van der Waals surface area contributed by atoms with Crippen LogP contribution in [0.4, 0.5) is 0 Å². The maximum atomic E-state index is 5.55. The van der Waals surface area contributed by atoms with Crippen LogP contribution in [0.15, 0.2) is 0 Å². The van der Waals surface area contributed by atoms with Gasteiger partial charge in [-0.05, 0) is 19.8 Å². The van der Waals surface area contributed by atoms with Crippen molar-refractivity contribution in [2.75, 3.05) is 32.3 Å². The lowest BCUT2D eigenvalue weighted by Crippen LogP contribution is -2.04. The van der Waals surface area contributed by atoms with Gasteiger partial charge in [0.1, 0.15) is 0 Å². The lowest BCUT2D eigenvalue weighted by atomic mass is 10.2. The number of hydrogen-bond acceptors (Lipinski definition) is 2. The zero-order valence-corrected chi connectivity index (χ0v) is 11.3. The molecule has 0 fully saturated rings. The van der Waals surface area contributed by atoms with Gasteiger partial charge < -0.3 is 9.47 Å². The first-order chi connectivity index (χ1) is 7.41. The Morgan fingerprint density at radius 3 is 2.00 bits per heavy atom. The first-order valence-electron chi connectivity index (χ1n) is 6.13. The van der Waals surface area contributed by atoms with Gasteiger partial charge in [0.05, 0.1) is 13.2 Å². The molecular weight excluding hydrogens is 212 g/mol. The van der Waals surface area contributed by atoms with Crippen LogP contribution in [0.2, 0.25) is 0 Å². The van der Waals surface area contributed by atoms with Crippen molar-refractivity contribution in [3.63, 3.8) is 0 Å². The Morgan fingerprint density at radius 1 is 0.800 bits per heavy atom. The molecule has 0 saturated carbocycles. The van der Waals surface area contributed by atoms with Gasteiger partial charge in [-0.1, -0.05) is 26.7 Å². The molecule has 0 unspecified atom stereocenters. The van der Waals surface area contributed by atoms with Crippen molar-refractivity contribution in [2.45, 2.75) is 46.5 Å². The highest BCUT2D eigenvalue weighted by molar-refractivity contribution is 6.17. The average molecular weight is 239 g/mol.